The zero-order valence-corrected chi connectivity index (χ0v) is 15.8. The van der Waals surface area contributed by atoms with Gasteiger partial charge in [0.2, 0.25) is 5.91 Å². The third-order valence-corrected chi connectivity index (χ3v) is 4.69. The number of aryl methyl sites for hydroxylation is 1. The largest absolute Gasteiger partial charge is 0.324 e. The van der Waals surface area contributed by atoms with Crippen LogP contribution in [0.25, 0.3) is 10.9 Å². The molecule has 5 heteroatoms. The summed E-state index contributed by atoms with van der Waals surface area (Å²) in [5.74, 6) is -0.907. The van der Waals surface area contributed by atoms with Crippen LogP contribution in [0.15, 0.2) is 66.3 Å². The molecule has 0 radical (unpaired) electrons. The smallest absolute Gasteiger partial charge is 0.228 e. The monoisotopic (exact) mass is 382 g/mol. The lowest BCUT2D eigenvalue weighted by atomic mass is 9.95. The van der Waals surface area contributed by atoms with Crippen LogP contribution in [0, 0.1) is 18.7 Å². The van der Waals surface area contributed by atoms with Crippen LogP contribution in [0.2, 0.25) is 0 Å². The molecule has 2 aromatic carbocycles. The van der Waals surface area contributed by atoms with Crippen molar-refractivity contribution in [1.29, 1.82) is 0 Å². The Morgan fingerprint density at radius 3 is 2.67 bits per heavy atom. The van der Waals surface area contributed by atoms with Gasteiger partial charge < -0.3 is 5.32 Å². The first-order valence-corrected chi connectivity index (χ1v) is 9.05. The van der Waals surface area contributed by atoms with Crippen molar-refractivity contribution >= 4 is 34.1 Å². The maximum absolute atomic E-state index is 13.9. The Morgan fingerprint density at radius 1 is 1.22 bits per heavy atom. The van der Waals surface area contributed by atoms with Crippen LogP contribution in [0.5, 0.6) is 0 Å². The Labute approximate surface area is 162 Å². The maximum atomic E-state index is 13.9. The molecule has 0 saturated heterocycles. The number of carbonyl (C=O) groups is 1. The molecule has 3 aromatic rings. The molecule has 3 nitrogen and oxygen atoms in total. The topological polar surface area (TPSA) is 42.0 Å². The number of amides is 1. The summed E-state index contributed by atoms with van der Waals surface area (Å²) in [6.45, 7) is 5.56. The Balaban J connectivity index is 1.85. The van der Waals surface area contributed by atoms with E-state index in [9.17, 15) is 9.18 Å². The number of rotatable bonds is 6. The SMILES string of the molecule is C=C(Cl)C[C@@H](Cc1ccccc1)C(=O)Nc1cnc2c(F)cccc2c1C. The molecule has 0 saturated carbocycles. The molecule has 0 spiro atoms. The average molecular weight is 383 g/mol. The summed E-state index contributed by atoms with van der Waals surface area (Å²) in [5.41, 5.74) is 2.68. The van der Waals surface area contributed by atoms with Gasteiger partial charge in [0.05, 0.1) is 11.9 Å². The first kappa shape index (κ1) is 19.1. The predicted octanol–water partition coefficient (Wildman–Crippen LogP) is 5.62. The van der Waals surface area contributed by atoms with Gasteiger partial charge in [0, 0.05) is 16.3 Å². The van der Waals surface area contributed by atoms with E-state index in [0.29, 0.717) is 34.5 Å². The van der Waals surface area contributed by atoms with Gasteiger partial charge in [-0.2, -0.15) is 0 Å². The van der Waals surface area contributed by atoms with Crippen LogP contribution >= 0.6 is 11.6 Å². The van der Waals surface area contributed by atoms with E-state index in [0.717, 1.165) is 11.1 Å². The zero-order chi connectivity index (χ0) is 19.4. The predicted molar refractivity (Wildman–Crippen MR) is 108 cm³/mol. The first-order chi connectivity index (χ1) is 13.0. The van der Waals surface area contributed by atoms with Crippen molar-refractivity contribution in [2.24, 2.45) is 5.92 Å². The highest BCUT2D eigenvalue weighted by Crippen LogP contribution is 2.27. The molecule has 1 heterocycles. The molecule has 0 fully saturated rings. The Morgan fingerprint density at radius 2 is 1.96 bits per heavy atom. The van der Waals surface area contributed by atoms with Gasteiger partial charge in [-0.1, -0.05) is 60.6 Å². The summed E-state index contributed by atoms with van der Waals surface area (Å²) in [4.78, 5) is 17.1. The van der Waals surface area contributed by atoms with E-state index < -0.39 is 0 Å². The fourth-order valence-electron chi connectivity index (χ4n) is 3.10. The van der Waals surface area contributed by atoms with Gasteiger partial charge in [-0.05, 0) is 37.0 Å². The minimum Gasteiger partial charge on any atom is -0.324 e. The maximum Gasteiger partial charge on any atom is 0.228 e. The van der Waals surface area contributed by atoms with Crippen molar-refractivity contribution in [2.45, 2.75) is 19.8 Å². The van der Waals surface area contributed by atoms with Crippen LogP contribution in [0.4, 0.5) is 10.1 Å². The normalized spacial score (nSPS) is 12.0. The van der Waals surface area contributed by atoms with Crippen molar-refractivity contribution in [3.8, 4) is 0 Å². The summed E-state index contributed by atoms with van der Waals surface area (Å²) >= 11 is 5.98. The highest BCUT2D eigenvalue weighted by molar-refractivity contribution is 6.29. The van der Waals surface area contributed by atoms with Crippen LogP contribution in [0.3, 0.4) is 0 Å². The summed E-state index contributed by atoms with van der Waals surface area (Å²) < 4.78 is 13.9. The number of hydrogen-bond donors (Lipinski definition) is 1. The number of carbonyl (C=O) groups excluding carboxylic acids is 1. The number of para-hydroxylation sites is 1. The van der Waals surface area contributed by atoms with E-state index in [-0.39, 0.29) is 17.6 Å². The quantitative estimate of drug-likeness (QED) is 0.601. The standard InChI is InChI=1S/C22H20ClFN2O/c1-14(23)11-17(12-16-7-4-3-5-8-16)22(27)26-20-13-25-21-18(15(20)2)9-6-10-19(21)24/h3-10,13,17H,1,11-12H2,2H3,(H,26,27)/t17-/m0/s1. The van der Waals surface area contributed by atoms with Gasteiger partial charge in [0.25, 0.3) is 0 Å². The molecule has 1 atom stereocenters. The van der Waals surface area contributed by atoms with Crippen LogP contribution in [0.1, 0.15) is 17.5 Å². The number of benzene rings is 2. The van der Waals surface area contributed by atoms with E-state index in [2.05, 4.69) is 16.9 Å². The number of fused-ring (bicyclic) bond motifs is 1. The number of allylic oxidation sites excluding steroid dienone is 1. The number of aromatic nitrogens is 1. The molecule has 0 aliphatic carbocycles. The van der Waals surface area contributed by atoms with E-state index >= 15 is 0 Å². The van der Waals surface area contributed by atoms with E-state index in [4.69, 9.17) is 11.6 Å². The Kier molecular flexibility index (Phi) is 5.87. The van der Waals surface area contributed by atoms with Crippen LogP contribution in [-0.2, 0) is 11.2 Å². The molecule has 1 amide bonds. The van der Waals surface area contributed by atoms with Gasteiger partial charge in [-0.15, -0.1) is 0 Å². The average Bonchev–Trinajstić information content (AvgIpc) is 2.64. The minimum absolute atomic E-state index is 0.165. The summed E-state index contributed by atoms with van der Waals surface area (Å²) in [5, 5.41) is 4.03. The molecule has 3 rings (SSSR count). The number of anilines is 1. The lowest BCUT2D eigenvalue weighted by Gasteiger charge is -2.18. The third-order valence-electron chi connectivity index (χ3n) is 4.54. The molecular formula is C22H20ClFN2O. The van der Waals surface area contributed by atoms with Gasteiger partial charge in [-0.25, -0.2) is 4.39 Å². The third kappa shape index (κ3) is 4.52. The minimum atomic E-state index is -0.381. The highest BCUT2D eigenvalue weighted by Gasteiger charge is 2.21. The summed E-state index contributed by atoms with van der Waals surface area (Å²) in [6.07, 6.45) is 2.41. The van der Waals surface area contributed by atoms with Crippen molar-refractivity contribution in [3.05, 3.63) is 83.3 Å². The number of nitrogens with one attached hydrogen (secondary N) is 1. The molecular weight excluding hydrogens is 363 g/mol. The zero-order valence-electron chi connectivity index (χ0n) is 15.0. The lowest BCUT2D eigenvalue weighted by Crippen LogP contribution is -2.25. The number of pyridine rings is 1. The van der Waals surface area contributed by atoms with Gasteiger partial charge in [-0.3, -0.25) is 9.78 Å². The Hall–Kier alpha value is -2.72. The van der Waals surface area contributed by atoms with Crippen molar-refractivity contribution in [1.82, 2.24) is 4.98 Å². The van der Waals surface area contributed by atoms with Gasteiger partial charge in [0.1, 0.15) is 11.3 Å². The molecule has 0 aliphatic heterocycles. The summed E-state index contributed by atoms with van der Waals surface area (Å²) in [6, 6.07) is 14.5. The van der Waals surface area contributed by atoms with Gasteiger partial charge >= 0.3 is 0 Å². The molecule has 0 bridgehead atoms. The molecule has 0 aliphatic rings. The van der Waals surface area contributed by atoms with E-state index in [1.54, 1.807) is 12.1 Å². The highest BCUT2D eigenvalue weighted by atomic mass is 35.5. The van der Waals surface area contributed by atoms with Crippen molar-refractivity contribution < 1.29 is 9.18 Å². The van der Waals surface area contributed by atoms with E-state index in [1.807, 2.05) is 37.3 Å². The fraction of sp³-hybridized carbons (Fsp3) is 0.182. The Bertz CT molecular complexity index is 988. The second-order valence-electron chi connectivity index (χ2n) is 6.53. The van der Waals surface area contributed by atoms with Crippen molar-refractivity contribution in [3.63, 3.8) is 0 Å². The van der Waals surface area contributed by atoms with Gasteiger partial charge in [0.15, 0.2) is 0 Å². The lowest BCUT2D eigenvalue weighted by molar-refractivity contribution is -0.119. The molecule has 0 unspecified atom stereocenters. The molecule has 27 heavy (non-hydrogen) atoms. The van der Waals surface area contributed by atoms with Crippen LogP contribution in [-0.4, -0.2) is 10.9 Å². The van der Waals surface area contributed by atoms with E-state index in [1.165, 1.54) is 12.3 Å². The fourth-order valence-corrected chi connectivity index (χ4v) is 3.29. The van der Waals surface area contributed by atoms with Crippen LogP contribution < -0.4 is 5.32 Å². The number of nitrogens with zero attached hydrogens (tertiary/aromatic N) is 1. The first-order valence-electron chi connectivity index (χ1n) is 8.67. The second kappa shape index (κ2) is 8.31. The summed E-state index contributed by atoms with van der Waals surface area (Å²) in [7, 11) is 0. The number of hydrogen-bond acceptors (Lipinski definition) is 2. The molecule has 1 N–H and O–H groups in total. The number of halogens is 2. The second-order valence-corrected chi connectivity index (χ2v) is 7.06. The molecule has 138 valence electrons. The molecule has 1 aromatic heterocycles. The van der Waals surface area contributed by atoms with Crippen molar-refractivity contribution in [2.75, 3.05) is 5.32 Å².